The Labute approximate surface area is 149 Å². The number of rotatable bonds is 2. The molecule has 2 aromatic carbocycles. The summed E-state index contributed by atoms with van der Waals surface area (Å²) in [5.74, 6) is 1.28. The van der Waals surface area contributed by atoms with E-state index in [0.717, 1.165) is 29.1 Å². The number of thioether (sulfide) groups is 1. The van der Waals surface area contributed by atoms with E-state index in [9.17, 15) is 4.79 Å². The lowest BCUT2D eigenvalue weighted by Gasteiger charge is -2.23. The molecule has 0 radical (unpaired) electrons. The second-order valence-electron chi connectivity index (χ2n) is 5.61. The Hall–Kier alpha value is -2.11. The first kappa shape index (κ1) is 15.4. The minimum Gasteiger partial charge on any atom is -0.259 e. The van der Waals surface area contributed by atoms with Crippen LogP contribution in [-0.2, 0) is 0 Å². The van der Waals surface area contributed by atoms with Crippen molar-refractivity contribution in [3.05, 3.63) is 70.7 Å². The van der Waals surface area contributed by atoms with Crippen LogP contribution in [0, 0.1) is 0 Å². The summed E-state index contributed by atoms with van der Waals surface area (Å²) in [6, 6.07) is 17.9. The zero-order valence-corrected chi connectivity index (χ0v) is 14.3. The van der Waals surface area contributed by atoms with Crippen molar-refractivity contribution in [1.29, 1.82) is 0 Å². The molecule has 1 amide bonds. The first-order valence-electron chi connectivity index (χ1n) is 7.62. The average Bonchev–Trinajstić information content (AvgIpc) is 3.23. The van der Waals surface area contributed by atoms with E-state index >= 15 is 0 Å². The van der Waals surface area contributed by atoms with Crippen LogP contribution in [0.2, 0.25) is 5.02 Å². The van der Waals surface area contributed by atoms with Crippen LogP contribution in [0.3, 0.4) is 0 Å². The summed E-state index contributed by atoms with van der Waals surface area (Å²) < 4.78 is 0. The summed E-state index contributed by atoms with van der Waals surface area (Å²) >= 11 is 7.23. The number of nitrogens with zero attached hydrogens (tertiary/aromatic N) is 3. The molecule has 24 heavy (non-hydrogen) atoms. The number of hydrogen-bond donors (Lipinski definition) is 0. The van der Waals surface area contributed by atoms with Gasteiger partial charge in [-0.3, -0.25) is 4.79 Å². The van der Waals surface area contributed by atoms with E-state index in [-0.39, 0.29) is 11.3 Å². The lowest BCUT2D eigenvalue weighted by Crippen LogP contribution is -2.27. The lowest BCUT2D eigenvalue weighted by molar-refractivity contribution is 0.267. The van der Waals surface area contributed by atoms with E-state index in [1.165, 1.54) is 11.8 Å². The van der Waals surface area contributed by atoms with Crippen LogP contribution in [0.15, 0.2) is 64.7 Å². The maximum Gasteiger partial charge on any atom is 0.307 e. The largest absolute Gasteiger partial charge is 0.307 e. The Balaban J connectivity index is 1.71. The Morgan fingerprint density at radius 2 is 1.83 bits per heavy atom. The quantitative estimate of drug-likeness (QED) is 0.780. The van der Waals surface area contributed by atoms with Gasteiger partial charge in [0.2, 0.25) is 0 Å². The number of amidine groups is 1. The zero-order chi connectivity index (χ0) is 16.5. The highest BCUT2D eigenvalue weighted by molar-refractivity contribution is 8.14. The summed E-state index contributed by atoms with van der Waals surface area (Å²) in [6.07, 6.45) is 0.767. The van der Waals surface area contributed by atoms with Crippen molar-refractivity contribution in [3.8, 4) is 0 Å². The van der Waals surface area contributed by atoms with Crippen LogP contribution in [0.5, 0.6) is 0 Å². The molecule has 1 atom stereocenters. The molecule has 2 aliphatic heterocycles. The van der Waals surface area contributed by atoms with Gasteiger partial charge < -0.3 is 0 Å². The Morgan fingerprint density at radius 3 is 2.50 bits per heavy atom. The molecule has 6 heteroatoms. The predicted octanol–water partition coefficient (Wildman–Crippen LogP) is 4.76. The van der Waals surface area contributed by atoms with Crippen LogP contribution in [0.1, 0.15) is 23.6 Å². The lowest BCUT2D eigenvalue weighted by atomic mass is 9.98. The fraction of sp³-hybridized carbons (Fsp3) is 0.167. The van der Waals surface area contributed by atoms with Gasteiger partial charge in [0.25, 0.3) is 0 Å². The normalized spacial score (nSPS) is 20.3. The molecule has 0 saturated carbocycles. The van der Waals surface area contributed by atoms with Gasteiger partial charge in [-0.2, -0.15) is 10.1 Å². The van der Waals surface area contributed by atoms with E-state index in [1.54, 1.807) is 0 Å². The average molecular weight is 356 g/mol. The fourth-order valence-electron chi connectivity index (χ4n) is 2.91. The molecule has 0 aromatic heterocycles. The van der Waals surface area contributed by atoms with Crippen molar-refractivity contribution in [1.82, 2.24) is 5.01 Å². The summed E-state index contributed by atoms with van der Waals surface area (Å²) in [5, 5.41) is 7.22. The molecule has 0 fully saturated rings. The maximum absolute atomic E-state index is 11.5. The number of carbonyl (C=O) groups is 1. The third-order valence-electron chi connectivity index (χ3n) is 4.08. The Kier molecular flexibility index (Phi) is 4.12. The van der Waals surface area contributed by atoms with Gasteiger partial charge in [-0.05, 0) is 23.3 Å². The second-order valence-corrected chi connectivity index (χ2v) is 6.97. The molecule has 2 aromatic rings. The van der Waals surface area contributed by atoms with Gasteiger partial charge in [0.05, 0.1) is 17.5 Å². The van der Waals surface area contributed by atoms with Crippen LogP contribution < -0.4 is 0 Å². The van der Waals surface area contributed by atoms with Crippen LogP contribution in [0.25, 0.3) is 0 Å². The summed E-state index contributed by atoms with van der Waals surface area (Å²) in [5.41, 5.74) is 3.21. The van der Waals surface area contributed by atoms with Gasteiger partial charge in [0.15, 0.2) is 0 Å². The molecule has 0 saturated heterocycles. The number of hydrazone groups is 1. The van der Waals surface area contributed by atoms with Gasteiger partial charge in [0.1, 0.15) is 5.84 Å². The summed E-state index contributed by atoms with van der Waals surface area (Å²) in [6.45, 7) is 0. The number of aliphatic imine (C=N–C) groups is 1. The van der Waals surface area contributed by atoms with E-state index in [0.29, 0.717) is 10.8 Å². The number of hydrogen-bond acceptors (Lipinski definition) is 4. The molecule has 120 valence electrons. The smallest absolute Gasteiger partial charge is 0.259 e. The molecule has 4 nitrogen and oxygen atoms in total. The van der Waals surface area contributed by atoms with Gasteiger partial charge in [-0.1, -0.05) is 65.8 Å². The van der Waals surface area contributed by atoms with E-state index in [4.69, 9.17) is 16.7 Å². The fourth-order valence-corrected chi connectivity index (χ4v) is 3.66. The number of benzene rings is 2. The van der Waals surface area contributed by atoms with Gasteiger partial charge in [-0.15, -0.1) is 0 Å². The van der Waals surface area contributed by atoms with Gasteiger partial charge >= 0.3 is 5.24 Å². The van der Waals surface area contributed by atoms with Gasteiger partial charge in [-0.25, -0.2) is 5.01 Å². The molecular formula is C18H14ClN3OS. The third-order valence-corrected chi connectivity index (χ3v) is 5.07. The molecular weight excluding hydrogens is 342 g/mol. The highest BCUT2D eigenvalue weighted by Crippen LogP contribution is 2.35. The summed E-state index contributed by atoms with van der Waals surface area (Å²) in [4.78, 5) is 15.7. The van der Waals surface area contributed by atoms with Crippen LogP contribution >= 0.6 is 23.4 Å². The molecule has 0 unspecified atom stereocenters. The number of amides is 1. The molecule has 4 rings (SSSR count). The monoisotopic (exact) mass is 355 g/mol. The van der Waals surface area contributed by atoms with E-state index in [1.807, 2.05) is 47.5 Å². The van der Waals surface area contributed by atoms with Crippen molar-refractivity contribution in [2.24, 2.45) is 10.1 Å². The first-order valence-corrected chi connectivity index (χ1v) is 8.99. The molecule has 0 N–H and O–H groups in total. The number of halogens is 1. The zero-order valence-electron chi connectivity index (χ0n) is 12.7. The molecule has 0 aliphatic carbocycles. The van der Waals surface area contributed by atoms with Crippen molar-refractivity contribution in [3.63, 3.8) is 0 Å². The second kappa shape index (κ2) is 6.42. The minimum atomic E-state index is -0.150. The van der Waals surface area contributed by atoms with E-state index in [2.05, 4.69) is 17.1 Å². The van der Waals surface area contributed by atoms with Crippen molar-refractivity contribution in [2.75, 3.05) is 5.75 Å². The predicted molar refractivity (Wildman–Crippen MR) is 98.9 cm³/mol. The first-order chi connectivity index (χ1) is 11.7. The third kappa shape index (κ3) is 2.97. The van der Waals surface area contributed by atoms with E-state index < -0.39 is 0 Å². The molecule has 2 heterocycles. The Bertz CT molecular complexity index is 833. The van der Waals surface area contributed by atoms with Crippen molar-refractivity contribution >= 4 is 40.1 Å². The standard InChI is InChI=1S/C18H14ClN3OS/c19-14-8-6-13(7-9-14)16-10-15(12-4-2-1-3-5-12)21-22(16)17-11-24-18(23)20-17/h1-9,16H,10-11H2/t16-/m0/s1. The van der Waals surface area contributed by atoms with Crippen molar-refractivity contribution < 1.29 is 4.79 Å². The minimum absolute atomic E-state index is 0.0303. The topological polar surface area (TPSA) is 45.0 Å². The number of carbonyl (C=O) groups excluding carboxylic acids is 1. The maximum atomic E-state index is 11.5. The van der Waals surface area contributed by atoms with Crippen LogP contribution in [0.4, 0.5) is 4.79 Å². The van der Waals surface area contributed by atoms with Gasteiger partial charge in [0, 0.05) is 11.4 Å². The highest BCUT2D eigenvalue weighted by Gasteiger charge is 2.34. The highest BCUT2D eigenvalue weighted by atomic mass is 35.5. The molecule has 0 spiro atoms. The SMILES string of the molecule is O=C1N=C(N2N=C(c3ccccc3)C[C@H]2c2ccc(Cl)cc2)CS1. The molecule has 2 aliphatic rings. The van der Waals surface area contributed by atoms with Crippen LogP contribution in [-0.4, -0.2) is 27.5 Å². The molecule has 0 bridgehead atoms. The van der Waals surface area contributed by atoms with Crippen molar-refractivity contribution in [2.45, 2.75) is 12.5 Å². The Morgan fingerprint density at radius 1 is 1.08 bits per heavy atom. The summed E-state index contributed by atoms with van der Waals surface area (Å²) in [7, 11) is 0.